The van der Waals surface area contributed by atoms with E-state index in [0.29, 0.717) is 0 Å². The van der Waals surface area contributed by atoms with Crippen LogP contribution in [0.3, 0.4) is 0 Å². The van der Waals surface area contributed by atoms with E-state index >= 15 is 0 Å². The Kier molecular flexibility index (Phi) is 4.54. The first kappa shape index (κ1) is 17.0. The predicted molar refractivity (Wildman–Crippen MR) is 110 cm³/mol. The molecule has 1 aliphatic rings. The number of fused-ring (bicyclic) bond motifs is 1. The molecule has 1 aliphatic heterocycles. The number of nitrogens with zero attached hydrogens (tertiary/aromatic N) is 4. The van der Waals surface area contributed by atoms with Gasteiger partial charge in [0.1, 0.15) is 11.5 Å². The summed E-state index contributed by atoms with van der Waals surface area (Å²) in [7, 11) is 0. The average Bonchev–Trinajstić information content (AvgIpc) is 3.48. The number of nitrogens with one attached hydrogen (secondary N) is 1. The average molecular weight is 373 g/mol. The Bertz CT molecular complexity index is 1050. The van der Waals surface area contributed by atoms with Gasteiger partial charge < -0.3 is 14.2 Å². The number of aromatic nitrogens is 4. The second-order valence-corrected chi connectivity index (χ2v) is 7.23. The maximum absolute atomic E-state index is 6.03. The van der Waals surface area contributed by atoms with Crippen LogP contribution < -0.4 is 4.74 Å². The van der Waals surface area contributed by atoms with Crippen molar-refractivity contribution in [2.75, 3.05) is 19.6 Å². The van der Waals surface area contributed by atoms with Crippen molar-refractivity contribution in [3.63, 3.8) is 0 Å². The van der Waals surface area contributed by atoms with Crippen LogP contribution in [0.4, 0.5) is 0 Å². The minimum atomic E-state index is 0.798. The van der Waals surface area contributed by atoms with Gasteiger partial charge in [-0.05, 0) is 74.0 Å². The summed E-state index contributed by atoms with van der Waals surface area (Å²) in [6.45, 7) is 4.52. The first-order chi connectivity index (χ1) is 13.8. The van der Waals surface area contributed by atoms with Crippen LogP contribution in [0.25, 0.3) is 22.3 Å². The summed E-state index contributed by atoms with van der Waals surface area (Å²) in [6, 6.07) is 16.0. The summed E-state index contributed by atoms with van der Waals surface area (Å²) in [5.41, 5.74) is 4.19. The van der Waals surface area contributed by atoms with Gasteiger partial charge in [0.2, 0.25) is 0 Å². The van der Waals surface area contributed by atoms with E-state index in [0.717, 1.165) is 46.9 Å². The van der Waals surface area contributed by atoms with E-state index in [2.05, 4.69) is 30.7 Å². The van der Waals surface area contributed by atoms with E-state index in [9.17, 15) is 0 Å². The molecule has 1 saturated heterocycles. The number of ether oxygens (including phenoxy) is 1. The van der Waals surface area contributed by atoms with Gasteiger partial charge in [-0.25, -0.2) is 4.98 Å². The molecule has 28 heavy (non-hydrogen) atoms. The molecule has 142 valence electrons. The number of imidazole rings is 1. The fourth-order valence-corrected chi connectivity index (χ4v) is 3.80. The van der Waals surface area contributed by atoms with E-state index in [1.165, 1.54) is 25.9 Å². The molecule has 0 radical (unpaired) electrons. The molecule has 1 N–H and O–H groups in total. The molecule has 0 bridgehead atoms. The van der Waals surface area contributed by atoms with Crippen LogP contribution in [0.2, 0.25) is 0 Å². The van der Waals surface area contributed by atoms with Gasteiger partial charge in [-0.15, -0.1) is 0 Å². The molecule has 1 fully saturated rings. The lowest BCUT2D eigenvalue weighted by molar-refractivity contribution is 0.324. The van der Waals surface area contributed by atoms with Gasteiger partial charge >= 0.3 is 0 Å². The maximum Gasteiger partial charge on any atom is 0.129 e. The molecule has 0 amide bonds. The van der Waals surface area contributed by atoms with Crippen LogP contribution in [-0.4, -0.2) is 44.3 Å². The van der Waals surface area contributed by atoms with Gasteiger partial charge in [0.25, 0.3) is 0 Å². The number of hydrogen-bond donors (Lipinski definition) is 1. The molecular formula is C22H23N5O. The van der Waals surface area contributed by atoms with Crippen molar-refractivity contribution in [2.45, 2.75) is 19.4 Å². The number of benzene rings is 2. The molecule has 2 aromatic heterocycles. The Hall–Kier alpha value is -3.12. The molecule has 0 saturated carbocycles. The van der Waals surface area contributed by atoms with Gasteiger partial charge in [0.15, 0.2) is 0 Å². The van der Waals surface area contributed by atoms with Gasteiger partial charge in [0.05, 0.1) is 23.1 Å². The first-order valence-electron chi connectivity index (χ1n) is 9.80. The molecule has 6 heteroatoms. The van der Waals surface area contributed by atoms with Crippen LogP contribution in [-0.2, 0) is 6.54 Å². The largest absolute Gasteiger partial charge is 0.457 e. The zero-order chi connectivity index (χ0) is 18.8. The number of rotatable bonds is 6. The number of aromatic amines is 1. The topological polar surface area (TPSA) is 59.0 Å². The van der Waals surface area contributed by atoms with Gasteiger partial charge in [-0.1, -0.05) is 0 Å². The van der Waals surface area contributed by atoms with Crippen molar-refractivity contribution in [1.29, 1.82) is 0 Å². The van der Waals surface area contributed by atoms with Crippen LogP contribution in [0.15, 0.2) is 61.1 Å². The fourth-order valence-electron chi connectivity index (χ4n) is 3.80. The summed E-state index contributed by atoms with van der Waals surface area (Å²) in [4.78, 5) is 7.09. The third-order valence-corrected chi connectivity index (χ3v) is 5.35. The lowest BCUT2D eigenvalue weighted by Gasteiger charge is -2.15. The molecule has 0 atom stereocenters. The fraction of sp³-hybridized carbons (Fsp3) is 0.273. The monoisotopic (exact) mass is 373 g/mol. The van der Waals surface area contributed by atoms with Crippen LogP contribution in [0.5, 0.6) is 11.5 Å². The molecule has 4 aromatic rings. The molecule has 2 aromatic carbocycles. The van der Waals surface area contributed by atoms with Gasteiger partial charge in [0, 0.05) is 25.4 Å². The highest BCUT2D eigenvalue weighted by Gasteiger charge is 2.12. The minimum absolute atomic E-state index is 0.798. The second kappa shape index (κ2) is 7.48. The first-order valence-corrected chi connectivity index (χ1v) is 9.80. The van der Waals surface area contributed by atoms with Crippen molar-refractivity contribution < 1.29 is 4.74 Å². The highest BCUT2D eigenvalue weighted by Crippen LogP contribution is 2.27. The van der Waals surface area contributed by atoms with E-state index in [-0.39, 0.29) is 0 Å². The van der Waals surface area contributed by atoms with Gasteiger partial charge in [-0.3, -0.25) is 5.10 Å². The third-order valence-electron chi connectivity index (χ3n) is 5.35. The Morgan fingerprint density at radius 2 is 1.75 bits per heavy atom. The highest BCUT2D eigenvalue weighted by molar-refractivity contribution is 5.77. The summed E-state index contributed by atoms with van der Waals surface area (Å²) in [6.07, 6.45) is 6.34. The second-order valence-electron chi connectivity index (χ2n) is 7.23. The molecular weight excluding hydrogens is 350 g/mol. The lowest BCUT2D eigenvalue weighted by atomic mass is 10.1. The minimum Gasteiger partial charge on any atom is -0.457 e. The zero-order valence-electron chi connectivity index (χ0n) is 15.7. The van der Waals surface area contributed by atoms with E-state index in [1.807, 2.05) is 48.8 Å². The summed E-state index contributed by atoms with van der Waals surface area (Å²) >= 11 is 0. The van der Waals surface area contributed by atoms with Crippen LogP contribution in [0, 0.1) is 0 Å². The van der Waals surface area contributed by atoms with Crippen molar-refractivity contribution in [2.24, 2.45) is 0 Å². The smallest absolute Gasteiger partial charge is 0.129 e. The quantitative estimate of drug-likeness (QED) is 0.547. The summed E-state index contributed by atoms with van der Waals surface area (Å²) < 4.78 is 8.26. The molecule has 5 rings (SSSR count). The van der Waals surface area contributed by atoms with E-state index in [4.69, 9.17) is 4.74 Å². The number of hydrogen-bond acceptors (Lipinski definition) is 4. The Morgan fingerprint density at radius 1 is 0.929 bits per heavy atom. The Labute approximate surface area is 163 Å². The molecule has 3 heterocycles. The van der Waals surface area contributed by atoms with Crippen molar-refractivity contribution >= 4 is 11.0 Å². The zero-order valence-corrected chi connectivity index (χ0v) is 15.7. The van der Waals surface area contributed by atoms with E-state index < -0.39 is 0 Å². The van der Waals surface area contributed by atoms with Crippen molar-refractivity contribution in [3.8, 4) is 22.8 Å². The molecule has 0 aliphatic carbocycles. The predicted octanol–water partition coefficient (Wildman–Crippen LogP) is 4.31. The van der Waals surface area contributed by atoms with Gasteiger partial charge in [-0.2, -0.15) is 5.10 Å². The highest BCUT2D eigenvalue weighted by atomic mass is 16.5. The van der Waals surface area contributed by atoms with Crippen LogP contribution >= 0.6 is 0 Å². The summed E-state index contributed by atoms with van der Waals surface area (Å²) in [5, 5.41) is 6.96. The number of likely N-dealkylation sites (tertiary alicyclic amines) is 1. The molecule has 6 nitrogen and oxygen atoms in total. The number of H-pyrrole nitrogens is 1. The van der Waals surface area contributed by atoms with Crippen molar-refractivity contribution in [3.05, 3.63) is 61.1 Å². The normalized spacial score (nSPS) is 14.7. The maximum atomic E-state index is 6.03. The SMILES string of the molecule is c1cc(-c2ccc(Oc3ccc4c(c3)ncn4CCN3CCCC3)cc2)[nH]n1. The third kappa shape index (κ3) is 3.51. The summed E-state index contributed by atoms with van der Waals surface area (Å²) in [5.74, 6) is 1.60. The van der Waals surface area contributed by atoms with Crippen LogP contribution in [0.1, 0.15) is 12.8 Å². The Morgan fingerprint density at radius 3 is 2.54 bits per heavy atom. The molecule has 0 unspecified atom stereocenters. The van der Waals surface area contributed by atoms with Crippen molar-refractivity contribution in [1.82, 2.24) is 24.6 Å². The lowest BCUT2D eigenvalue weighted by Crippen LogP contribution is -2.23. The van der Waals surface area contributed by atoms with E-state index in [1.54, 1.807) is 6.20 Å². The standard InChI is InChI=1S/C22H23N5O/c1-2-12-26(11-1)13-14-27-16-23-21-15-19(7-8-22(21)27)28-18-5-3-17(4-6-18)20-9-10-24-25-20/h3-10,15-16H,1-2,11-14H2,(H,24,25). The molecule has 0 spiro atoms. The Balaban J connectivity index is 1.28.